The quantitative estimate of drug-likeness (QED) is 0.842. The van der Waals surface area contributed by atoms with Gasteiger partial charge in [-0.05, 0) is 24.3 Å². The standard InChI is InChI=1S/C17H23NO2S/c19-12-7-6-8-14-11-13-21-16(14)17(20)18-15-9-4-2-1-3-5-10-15/h11,13,15,19H,1-5,7,9-10,12H2,(H,18,20). The first-order valence-electron chi connectivity index (χ1n) is 7.79. The van der Waals surface area contributed by atoms with Crippen LogP contribution in [-0.4, -0.2) is 23.7 Å². The topological polar surface area (TPSA) is 49.3 Å². The Bertz CT molecular complexity index is 504. The molecule has 1 aliphatic carbocycles. The van der Waals surface area contributed by atoms with E-state index in [4.69, 9.17) is 5.11 Å². The maximum absolute atomic E-state index is 12.4. The summed E-state index contributed by atoms with van der Waals surface area (Å²) in [5.74, 6) is 5.86. The Morgan fingerprint density at radius 1 is 1.29 bits per heavy atom. The minimum atomic E-state index is 0.00359. The van der Waals surface area contributed by atoms with E-state index in [1.807, 2.05) is 11.4 Å². The van der Waals surface area contributed by atoms with Crippen molar-refractivity contribution in [1.82, 2.24) is 5.32 Å². The van der Waals surface area contributed by atoms with E-state index in [-0.39, 0.29) is 12.5 Å². The fourth-order valence-electron chi connectivity index (χ4n) is 2.65. The number of hydrogen-bond donors (Lipinski definition) is 2. The lowest BCUT2D eigenvalue weighted by molar-refractivity contribution is 0.0934. The normalized spacial score (nSPS) is 16.4. The van der Waals surface area contributed by atoms with E-state index in [0.29, 0.717) is 17.3 Å². The largest absolute Gasteiger partial charge is 0.395 e. The van der Waals surface area contributed by atoms with E-state index in [9.17, 15) is 4.79 Å². The van der Waals surface area contributed by atoms with Crippen LogP contribution in [0.15, 0.2) is 11.4 Å². The van der Waals surface area contributed by atoms with Crippen LogP contribution in [0.5, 0.6) is 0 Å². The molecule has 0 bridgehead atoms. The molecule has 0 spiro atoms. The molecule has 4 heteroatoms. The smallest absolute Gasteiger partial charge is 0.262 e. The number of aliphatic hydroxyl groups is 1. The summed E-state index contributed by atoms with van der Waals surface area (Å²) in [4.78, 5) is 13.1. The van der Waals surface area contributed by atoms with Crippen molar-refractivity contribution in [1.29, 1.82) is 0 Å². The van der Waals surface area contributed by atoms with Gasteiger partial charge in [-0.25, -0.2) is 0 Å². The van der Waals surface area contributed by atoms with Crippen molar-refractivity contribution in [2.75, 3.05) is 6.61 Å². The second-order valence-corrected chi connectivity index (χ2v) is 6.37. The van der Waals surface area contributed by atoms with Gasteiger partial charge in [-0.3, -0.25) is 4.79 Å². The summed E-state index contributed by atoms with van der Waals surface area (Å²) in [6.07, 6.45) is 8.92. The summed E-state index contributed by atoms with van der Waals surface area (Å²) in [5, 5.41) is 13.8. The molecule has 1 amide bonds. The molecule has 114 valence electrons. The molecule has 2 rings (SSSR count). The number of nitrogens with one attached hydrogen (secondary N) is 1. The first-order chi connectivity index (χ1) is 10.3. The summed E-state index contributed by atoms with van der Waals surface area (Å²) in [6, 6.07) is 2.18. The van der Waals surface area contributed by atoms with Gasteiger partial charge in [0.15, 0.2) is 0 Å². The van der Waals surface area contributed by atoms with E-state index in [1.54, 1.807) is 0 Å². The van der Waals surface area contributed by atoms with Gasteiger partial charge in [0.25, 0.3) is 5.91 Å². The molecule has 2 N–H and O–H groups in total. The highest BCUT2D eigenvalue weighted by molar-refractivity contribution is 7.12. The summed E-state index contributed by atoms with van der Waals surface area (Å²) in [5.41, 5.74) is 0.775. The van der Waals surface area contributed by atoms with Gasteiger partial charge < -0.3 is 10.4 Å². The van der Waals surface area contributed by atoms with Crippen LogP contribution in [-0.2, 0) is 0 Å². The second kappa shape index (κ2) is 8.86. The van der Waals surface area contributed by atoms with E-state index in [2.05, 4.69) is 17.2 Å². The van der Waals surface area contributed by atoms with Crippen molar-refractivity contribution < 1.29 is 9.90 Å². The van der Waals surface area contributed by atoms with E-state index in [0.717, 1.165) is 18.4 Å². The zero-order valence-corrected chi connectivity index (χ0v) is 13.2. The van der Waals surface area contributed by atoms with Gasteiger partial charge in [0.05, 0.1) is 6.61 Å². The van der Waals surface area contributed by atoms with Crippen LogP contribution in [0.3, 0.4) is 0 Å². The molecule has 0 saturated heterocycles. The number of rotatable bonds is 3. The Balaban J connectivity index is 1.96. The molecule has 1 aliphatic rings. The Labute approximate surface area is 130 Å². The molecule has 0 radical (unpaired) electrons. The highest BCUT2D eigenvalue weighted by Gasteiger charge is 2.17. The number of aliphatic hydroxyl groups excluding tert-OH is 1. The average Bonchev–Trinajstić information content (AvgIpc) is 2.90. The lowest BCUT2D eigenvalue weighted by atomic mass is 9.96. The number of carbonyl (C=O) groups is 1. The third kappa shape index (κ3) is 5.18. The van der Waals surface area contributed by atoms with E-state index in [1.165, 1.54) is 43.4 Å². The van der Waals surface area contributed by atoms with Gasteiger partial charge in [-0.1, -0.05) is 43.9 Å². The number of hydrogen-bond acceptors (Lipinski definition) is 3. The molecule has 1 heterocycles. The Morgan fingerprint density at radius 3 is 2.71 bits per heavy atom. The molecule has 1 aromatic rings. The van der Waals surface area contributed by atoms with Gasteiger partial charge in [0.2, 0.25) is 0 Å². The predicted molar refractivity (Wildman–Crippen MR) is 86.5 cm³/mol. The predicted octanol–water partition coefficient (Wildman–Crippen LogP) is 3.32. The third-order valence-corrected chi connectivity index (χ3v) is 4.68. The zero-order chi connectivity index (χ0) is 14.9. The second-order valence-electron chi connectivity index (χ2n) is 5.45. The fourth-order valence-corrected chi connectivity index (χ4v) is 3.40. The molecule has 3 nitrogen and oxygen atoms in total. The summed E-state index contributed by atoms with van der Waals surface area (Å²) in [6.45, 7) is 0.0563. The van der Waals surface area contributed by atoms with Crippen LogP contribution >= 0.6 is 11.3 Å². The monoisotopic (exact) mass is 305 g/mol. The average molecular weight is 305 g/mol. The maximum atomic E-state index is 12.4. The number of thiophene rings is 1. The summed E-state index contributed by atoms with van der Waals surface area (Å²) < 4.78 is 0. The first-order valence-corrected chi connectivity index (χ1v) is 8.67. The summed E-state index contributed by atoms with van der Waals surface area (Å²) in [7, 11) is 0. The van der Waals surface area contributed by atoms with Crippen LogP contribution in [0, 0.1) is 11.8 Å². The number of carbonyl (C=O) groups excluding carboxylic acids is 1. The maximum Gasteiger partial charge on any atom is 0.262 e. The Hall–Kier alpha value is -1.31. The minimum absolute atomic E-state index is 0.00359. The van der Waals surface area contributed by atoms with Gasteiger partial charge in [-0.2, -0.15) is 0 Å². The van der Waals surface area contributed by atoms with Crippen LogP contribution in [0.2, 0.25) is 0 Å². The molecular weight excluding hydrogens is 282 g/mol. The van der Waals surface area contributed by atoms with Crippen LogP contribution < -0.4 is 5.32 Å². The molecule has 1 fully saturated rings. The van der Waals surface area contributed by atoms with Gasteiger partial charge in [-0.15, -0.1) is 11.3 Å². The van der Waals surface area contributed by atoms with Crippen LogP contribution in [0.1, 0.15) is 66.6 Å². The van der Waals surface area contributed by atoms with Crippen molar-refractivity contribution in [2.24, 2.45) is 0 Å². The third-order valence-electron chi connectivity index (χ3n) is 3.77. The molecule has 0 atom stereocenters. The van der Waals surface area contributed by atoms with Crippen molar-refractivity contribution in [2.45, 2.75) is 57.4 Å². The molecule has 1 aromatic heterocycles. The molecular formula is C17H23NO2S. The number of amides is 1. The highest BCUT2D eigenvalue weighted by atomic mass is 32.1. The van der Waals surface area contributed by atoms with Crippen molar-refractivity contribution in [3.8, 4) is 11.8 Å². The molecule has 0 unspecified atom stereocenters. The molecule has 1 saturated carbocycles. The molecule has 21 heavy (non-hydrogen) atoms. The van der Waals surface area contributed by atoms with Crippen LogP contribution in [0.25, 0.3) is 0 Å². The SMILES string of the molecule is O=C(NC1CCCCCCC1)c1sccc1C#CCCO. The summed E-state index contributed by atoms with van der Waals surface area (Å²) >= 11 is 1.44. The zero-order valence-electron chi connectivity index (χ0n) is 12.4. The fraction of sp³-hybridized carbons (Fsp3) is 0.588. The van der Waals surface area contributed by atoms with Crippen LogP contribution in [0.4, 0.5) is 0 Å². The van der Waals surface area contributed by atoms with Crippen molar-refractivity contribution in [3.63, 3.8) is 0 Å². The van der Waals surface area contributed by atoms with E-state index >= 15 is 0 Å². The minimum Gasteiger partial charge on any atom is -0.395 e. The molecule has 0 aliphatic heterocycles. The highest BCUT2D eigenvalue weighted by Crippen LogP contribution is 2.20. The lowest BCUT2D eigenvalue weighted by Crippen LogP contribution is -2.35. The van der Waals surface area contributed by atoms with E-state index < -0.39 is 0 Å². The molecule has 0 aromatic carbocycles. The van der Waals surface area contributed by atoms with Gasteiger partial charge >= 0.3 is 0 Å². The Kier molecular flexibility index (Phi) is 6.78. The van der Waals surface area contributed by atoms with Crippen molar-refractivity contribution >= 4 is 17.2 Å². The van der Waals surface area contributed by atoms with Gasteiger partial charge in [0, 0.05) is 18.0 Å². The van der Waals surface area contributed by atoms with Gasteiger partial charge in [0.1, 0.15) is 4.88 Å². The lowest BCUT2D eigenvalue weighted by Gasteiger charge is -2.20. The van der Waals surface area contributed by atoms with Crippen molar-refractivity contribution in [3.05, 3.63) is 21.9 Å². The first kappa shape index (κ1) is 16.1. The Morgan fingerprint density at radius 2 is 2.00 bits per heavy atom.